The van der Waals surface area contributed by atoms with E-state index in [1.165, 1.54) is 4.68 Å². The van der Waals surface area contributed by atoms with Gasteiger partial charge in [-0.3, -0.25) is 9.36 Å². The molecule has 3 rings (SSSR count). The van der Waals surface area contributed by atoms with Crippen molar-refractivity contribution in [2.45, 2.75) is 13.1 Å². The van der Waals surface area contributed by atoms with Crippen molar-refractivity contribution in [3.63, 3.8) is 0 Å². The summed E-state index contributed by atoms with van der Waals surface area (Å²) in [7, 11) is 0. The summed E-state index contributed by atoms with van der Waals surface area (Å²) >= 11 is 12.2. The van der Waals surface area contributed by atoms with E-state index >= 15 is 0 Å². The maximum atomic E-state index is 12.6. The smallest absolute Gasteiger partial charge is 0.267 e. The Bertz CT molecular complexity index is 995. The average molecular weight is 362 g/mol. The van der Waals surface area contributed by atoms with Crippen LogP contribution in [0.5, 0.6) is 0 Å². The summed E-state index contributed by atoms with van der Waals surface area (Å²) in [5.74, 6) is 0. The largest absolute Gasteiger partial charge is 0.348 e. The molecule has 1 aromatic heterocycles. The van der Waals surface area contributed by atoms with Gasteiger partial charge in [-0.1, -0.05) is 59.6 Å². The summed E-state index contributed by atoms with van der Waals surface area (Å²) in [4.78, 5) is 24.6. The van der Waals surface area contributed by atoms with Crippen molar-refractivity contribution in [2.24, 2.45) is 0 Å². The molecule has 0 spiro atoms. The number of hydrogen-bond acceptors (Lipinski definition) is 3. The Morgan fingerprint density at radius 3 is 1.96 bits per heavy atom. The normalized spacial score (nSPS) is 10.8. The van der Waals surface area contributed by atoms with E-state index in [0.717, 1.165) is 16.3 Å². The highest BCUT2D eigenvalue weighted by atomic mass is 35.5. The summed E-state index contributed by atoms with van der Waals surface area (Å²) in [6, 6.07) is 14.2. The molecular formula is C17H13Cl2N3O2. The van der Waals surface area contributed by atoms with Gasteiger partial charge in [0.25, 0.3) is 5.56 Å². The van der Waals surface area contributed by atoms with Gasteiger partial charge in [0.1, 0.15) is 6.20 Å². The first-order chi connectivity index (χ1) is 11.6. The van der Waals surface area contributed by atoms with Gasteiger partial charge in [-0.15, -0.1) is 0 Å². The molecule has 24 heavy (non-hydrogen) atoms. The van der Waals surface area contributed by atoms with E-state index in [9.17, 15) is 9.59 Å². The SMILES string of the molecule is O=c1cnn(Cc2ccccc2Cl)c(=O)n1Cc1ccccc1Cl. The monoisotopic (exact) mass is 361 g/mol. The summed E-state index contributed by atoms with van der Waals surface area (Å²) in [5.41, 5.74) is 0.447. The third kappa shape index (κ3) is 3.42. The molecule has 0 saturated carbocycles. The Kier molecular flexibility index (Phi) is 4.83. The molecule has 122 valence electrons. The fourth-order valence-corrected chi connectivity index (χ4v) is 2.70. The molecule has 0 amide bonds. The quantitative estimate of drug-likeness (QED) is 0.717. The Morgan fingerprint density at radius 2 is 1.38 bits per heavy atom. The molecule has 2 aromatic carbocycles. The van der Waals surface area contributed by atoms with Crippen molar-refractivity contribution >= 4 is 23.2 Å². The van der Waals surface area contributed by atoms with Gasteiger partial charge < -0.3 is 0 Å². The van der Waals surface area contributed by atoms with Gasteiger partial charge in [0.2, 0.25) is 0 Å². The molecule has 0 saturated heterocycles. The number of hydrogen-bond donors (Lipinski definition) is 0. The fourth-order valence-electron chi connectivity index (χ4n) is 2.31. The second-order valence-corrected chi connectivity index (χ2v) is 6.01. The third-order valence-electron chi connectivity index (χ3n) is 3.59. The molecule has 5 nitrogen and oxygen atoms in total. The lowest BCUT2D eigenvalue weighted by Crippen LogP contribution is -2.41. The van der Waals surface area contributed by atoms with Crippen LogP contribution in [0.15, 0.2) is 64.3 Å². The fraction of sp³-hybridized carbons (Fsp3) is 0.118. The zero-order chi connectivity index (χ0) is 17.1. The second kappa shape index (κ2) is 7.03. The van der Waals surface area contributed by atoms with Gasteiger partial charge >= 0.3 is 5.69 Å². The van der Waals surface area contributed by atoms with Crippen molar-refractivity contribution in [3.05, 3.63) is 96.7 Å². The first-order valence-electron chi connectivity index (χ1n) is 7.20. The van der Waals surface area contributed by atoms with E-state index < -0.39 is 11.2 Å². The number of nitrogens with zero attached hydrogens (tertiary/aromatic N) is 3. The van der Waals surface area contributed by atoms with E-state index in [4.69, 9.17) is 23.2 Å². The van der Waals surface area contributed by atoms with E-state index in [1.807, 2.05) is 6.07 Å². The number of aromatic nitrogens is 3. The molecule has 0 aliphatic rings. The van der Waals surface area contributed by atoms with Gasteiger partial charge in [0, 0.05) is 10.0 Å². The predicted octanol–water partition coefficient (Wildman–Crippen LogP) is 2.81. The Labute approximate surface area is 147 Å². The van der Waals surface area contributed by atoms with Crippen LogP contribution in [0, 0.1) is 0 Å². The summed E-state index contributed by atoms with van der Waals surface area (Å²) in [6.45, 7) is 0.268. The molecule has 0 bridgehead atoms. The summed E-state index contributed by atoms with van der Waals surface area (Å²) in [5, 5.41) is 4.95. The number of benzene rings is 2. The zero-order valence-electron chi connectivity index (χ0n) is 12.5. The van der Waals surface area contributed by atoms with Crippen molar-refractivity contribution in [2.75, 3.05) is 0 Å². The van der Waals surface area contributed by atoms with Crippen molar-refractivity contribution in [1.82, 2.24) is 14.3 Å². The number of halogens is 2. The molecule has 1 heterocycles. The second-order valence-electron chi connectivity index (χ2n) is 5.19. The van der Waals surface area contributed by atoms with Crippen molar-refractivity contribution in [3.8, 4) is 0 Å². The molecule has 7 heteroatoms. The molecule has 0 fully saturated rings. The summed E-state index contributed by atoms with van der Waals surface area (Å²) in [6.07, 6.45) is 1.12. The van der Waals surface area contributed by atoms with E-state index in [2.05, 4.69) is 5.10 Å². The van der Waals surface area contributed by atoms with E-state index in [1.54, 1.807) is 42.5 Å². The predicted molar refractivity (Wildman–Crippen MR) is 93.9 cm³/mol. The molecule has 3 aromatic rings. The lowest BCUT2D eigenvalue weighted by molar-refractivity contribution is 0.541. The first-order valence-corrected chi connectivity index (χ1v) is 7.95. The topological polar surface area (TPSA) is 56.9 Å². The maximum Gasteiger partial charge on any atom is 0.348 e. The van der Waals surface area contributed by atoms with Crippen LogP contribution in [0.1, 0.15) is 11.1 Å². The molecule has 0 aliphatic carbocycles. The molecule has 0 unspecified atom stereocenters. The molecule has 0 atom stereocenters. The Balaban J connectivity index is 2.00. The Hall–Kier alpha value is -2.37. The van der Waals surface area contributed by atoms with Crippen LogP contribution in [0.25, 0.3) is 0 Å². The van der Waals surface area contributed by atoms with Gasteiger partial charge in [-0.25, -0.2) is 9.48 Å². The molecule has 0 aliphatic heterocycles. The average Bonchev–Trinajstić information content (AvgIpc) is 2.57. The lowest BCUT2D eigenvalue weighted by atomic mass is 10.2. The van der Waals surface area contributed by atoms with E-state index in [-0.39, 0.29) is 13.1 Å². The van der Waals surface area contributed by atoms with Crippen LogP contribution >= 0.6 is 23.2 Å². The minimum atomic E-state index is -0.512. The highest BCUT2D eigenvalue weighted by molar-refractivity contribution is 6.31. The zero-order valence-corrected chi connectivity index (χ0v) is 14.0. The van der Waals surface area contributed by atoms with Crippen LogP contribution in [-0.2, 0) is 13.1 Å². The lowest BCUT2D eigenvalue weighted by Gasteiger charge is -2.10. The van der Waals surface area contributed by atoms with Gasteiger partial charge in [-0.2, -0.15) is 5.10 Å². The first kappa shape index (κ1) is 16.5. The number of rotatable bonds is 4. The molecular weight excluding hydrogens is 349 g/mol. The van der Waals surface area contributed by atoms with Crippen LogP contribution < -0.4 is 11.2 Å². The van der Waals surface area contributed by atoms with Crippen LogP contribution in [0.2, 0.25) is 10.0 Å². The van der Waals surface area contributed by atoms with Gasteiger partial charge in [0.05, 0.1) is 13.1 Å². The minimum absolute atomic E-state index is 0.0857. The highest BCUT2D eigenvalue weighted by Gasteiger charge is 2.10. The Morgan fingerprint density at radius 1 is 0.833 bits per heavy atom. The highest BCUT2D eigenvalue weighted by Crippen LogP contribution is 2.16. The van der Waals surface area contributed by atoms with Gasteiger partial charge in [-0.05, 0) is 23.3 Å². The minimum Gasteiger partial charge on any atom is -0.267 e. The summed E-state index contributed by atoms with van der Waals surface area (Å²) < 4.78 is 2.31. The van der Waals surface area contributed by atoms with E-state index in [0.29, 0.717) is 15.6 Å². The molecule has 0 radical (unpaired) electrons. The van der Waals surface area contributed by atoms with Crippen LogP contribution in [0.3, 0.4) is 0 Å². The standard InChI is InChI=1S/C17H13Cl2N3O2/c18-14-7-3-1-5-12(14)10-21-16(23)9-20-22(17(21)24)11-13-6-2-4-8-15(13)19/h1-9H,10-11H2. The molecule has 0 N–H and O–H groups in total. The van der Waals surface area contributed by atoms with Crippen LogP contribution in [-0.4, -0.2) is 14.3 Å². The van der Waals surface area contributed by atoms with Crippen molar-refractivity contribution < 1.29 is 0 Å². The van der Waals surface area contributed by atoms with Crippen LogP contribution in [0.4, 0.5) is 0 Å². The maximum absolute atomic E-state index is 12.6. The van der Waals surface area contributed by atoms with Crippen molar-refractivity contribution in [1.29, 1.82) is 0 Å². The third-order valence-corrected chi connectivity index (χ3v) is 4.33. The van der Waals surface area contributed by atoms with Gasteiger partial charge in [0.15, 0.2) is 0 Å².